The van der Waals surface area contributed by atoms with E-state index in [0.717, 1.165) is 34.2 Å². The van der Waals surface area contributed by atoms with Gasteiger partial charge in [-0.25, -0.2) is 18.1 Å². The molecule has 1 atom stereocenters. The lowest BCUT2D eigenvalue weighted by atomic mass is 10.1. The van der Waals surface area contributed by atoms with Crippen LogP contribution in [0.5, 0.6) is 0 Å². The number of nitrogens with zero attached hydrogens (tertiary/aromatic N) is 3. The monoisotopic (exact) mass is 539 g/mol. The number of benzene rings is 2. The van der Waals surface area contributed by atoms with Crippen LogP contribution in [-0.2, 0) is 16.4 Å². The Morgan fingerprint density at radius 1 is 1.31 bits per heavy atom. The van der Waals surface area contributed by atoms with Crippen molar-refractivity contribution in [2.45, 2.75) is 30.8 Å². The number of sulfone groups is 1. The van der Waals surface area contributed by atoms with E-state index in [4.69, 9.17) is 17.3 Å². The van der Waals surface area contributed by atoms with Gasteiger partial charge in [-0.2, -0.15) is 0 Å². The average Bonchev–Trinajstić information content (AvgIpc) is 3.16. The summed E-state index contributed by atoms with van der Waals surface area (Å²) < 4.78 is 26.9. The van der Waals surface area contributed by atoms with E-state index in [1.807, 2.05) is 6.07 Å². The highest BCUT2D eigenvalue weighted by molar-refractivity contribution is 9.10. The van der Waals surface area contributed by atoms with E-state index in [9.17, 15) is 13.2 Å². The van der Waals surface area contributed by atoms with Crippen molar-refractivity contribution in [1.82, 2.24) is 14.6 Å². The third kappa shape index (κ3) is 4.69. The van der Waals surface area contributed by atoms with Crippen molar-refractivity contribution in [2.75, 3.05) is 24.3 Å². The first-order chi connectivity index (χ1) is 15.2. The number of hydrogen-bond acceptors (Lipinski definition) is 7. The zero-order valence-corrected chi connectivity index (χ0v) is 20.5. The van der Waals surface area contributed by atoms with E-state index >= 15 is 0 Å². The summed E-state index contributed by atoms with van der Waals surface area (Å²) in [6, 6.07) is 8.23. The summed E-state index contributed by atoms with van der Waals surface area (Å²) in [6.45, 7) is 4.05. The van der Waals surface area contributed by atoms with Crippen molar-refractivity contribution in [1.29, 1.82) is 0 Å². The molecular weight excluding hydrogens is 518 g/mol. The van der Waals surface area contributed by atoms with Gasteiger partial charge in [-0.1, -0.05) is 34.5 Å². The number of anilines is 1. The molecule has 0 spiro atoms. The van der Waals surface area contributed by atoms with Gasteiger partial charge in [-0.3, -0.25) is 15.1 Å². The standard InChI is InChI=1S/C21H23BrClN5O3S/c1-2-32(30,31)20-4-3-14(23)8-19(20)26-28-12-25-18-7-13(10-27-6-5-15(24)11-27)17(22)9-16(18)21(28)29/h3-4,7-9,12,15,26H,2,5-6,10-11,24H2,1H3/t15-/m0/s1. The third-order valence-corrected chi connectivity index (χ3v) is 8.29. The Morgan fingerprint density at radius 3 is 2.78 bits per heavy atom. The molecule has 1 aliphatic rings. The maximum atomic E-state index is 13.1. The van der Waals surface area contributed by atoms with Gasteiger partial charge in [0.2, 0.25) is 0 Å². The van der Waals surface area contributed by atoms with Gasteiger partial charge in [-0.15, -0.1) is 0 Å². The normalized spacial score (nSPS) is 17.2. The molecule has 1 aromatic heterocycles. The van der Waals surface area contributed by atoms with Crippen molar-refractivity contribution in [3.05, 3.63) is 62.1 Å². The number of fused-ring (bicyclic) bond motifs is 1. The molecule has 8 nitrogen and oxygen atoms in total. The summed E-state index contributed by atoms with van der Waals surface area (Å²) in [5.74, 6) is -0.0776. The van der Waals surface area contributed by atoms with Crippen LogP contribution >= 0.6 is 27.5 Å². The van der Waals surface area contributed by atoms with E-state index in [-0.39, 0.29) is 27.9 Å². The molecule has 4 rings (SSSR count). The summed E-state index contributed by atoms with van der Waals surface area (Å²) in [5, 5.41) is 0.744. The fourth-order valence-electron chi connectivity index (χ4n) is 3.78. The number of halogens is 2. The van der Waals surface area contributed by atoms with Crippen LogP contribution in [0.3, 0.4) is 0 Å². The van der Waals surface area contributed by atoms with Gasteiger partial charge >= 0.3 is 0 Å². The molecule has 32 heavy (non-hydrogen) atoms. The Bertz CT molecular complexity index is 1350. The second kappa shape index (κ2) is 9.11. The van der Waals surface area contributed by atoms with Gasteiger partial charge < -0.3 is 5.73 Å². The van der Waals surface area contributed by atoms with Gasteiger partial charge in [0.05, 0.1) is 27.2 Å². The maximum absolute atomic E-state index is 13.1. The Balaban J connectivity index is 1.70. The molecule has 0 aliphatic carbocycles. The third-order valence-electron chi connectivity index (χ3n) is 5.53. The number of rotatable bonds is 6. The van der Waals surface area contributed by atoms with Crippen LogP contribution < -0.4 is 16.7 Å². The van der Waals surface area contributed by atoms with Crippen molar-refractivity contribution < 1.29 is 8.42 Å². The van der Waals surface area contributed by atoms with E-state index < -0.39 is 9.84 Å². The van der Waals surface area contributed by atoms with Crippen molar-refractivity contribution in [3.63, 3.8) is 0 Å². The summed E-state index contributed by atoms with van der Waals surface area (Å²) >= 11 is 9.64. The molecule has 1 fully saturated rings. The predicted octanol–water partition coefficient (Wildman–Crippen LogP) is 3.01. The molecular formula is C21H23BrClN5O3S. The lowest BCUT2D eigenvalue weighted by molar-refractivity contribution is 0.326. The van der Waals surface area contributed by atoms with Crippen LogP contribution in [0.1, 0.15) is 18.9 Å². The van der Waals surface area contributed by atoms with Crippen molar-refractivity contribution in [2.24, 2.45) is 5.73 Å². The van der Waals surface area contributed by atoms with Crippen LogP contribution in [0.15, 0.2) is 50.8 Å². The molecule has 0 saturated carbocycles. The minimum absolute atomic E-state index is 0.0664. The first-order valence-corrected chi connectivity index (χ1v) is 13.0. The molecule has 170 valence electrons. The summed E-state index contributed by atoms with van der Waals surface area (Å²) in [6.07, 6.45) is 2.32. The van der Waals surface area contributed by atoms with Gasteiger partial charge in [0.15, 0.2) is 9.84 Å². The molecule has 1 aliphatic heterocycles. The number of nitrogens with one attached hydrogen (secondary N) is 1. The molecule has 11 heteroatoms. The number of nitrogens with two attached hydrogens (primary N) is 1. The maximum Gasteiger partial charge on any atom is 0.280 e. The molecule has 3 aromatic rings. The highest BCUT2D eigenvalue weighted by Gasteiger charge is 2.21. The molecule has 0 unspecified atom stereocenters. The highest BCUT2D eigenvalue weighted by Crippen LogP contribution is 2.27. The van der Waals surface area contributed by atoms with Crippen LogP contribution in [-0.4, -0.2) is 47.9 Å². The molecule has 0 amide bonds. The second-order valence-electron chi connectivity index (χ2n) is 7.82. The van der Waals surface area contributed by atoms with Gasteiger partial charge in [-0.05, 0) is 42.3 Å². The van der Waals surface area contributed by atoms with E-state index in [2.05, 4.69) is 31.2 Å². The van der Waals surface area contributed by atoms with E-state index in [0.29, 0.717) is 22.5 Å². The second-order valence-corrected chi connectivity index (χ2v) is 11.4. The van der Waals surface area contributed by atoms with E-state index in [1.54, 1.807) is 13.0 Å². The smallest absolute Gasteiger partial charge is 0.280 e. The first-order valence-electron chi connectivity index (χ1n) is 10.1. The first kappa shape index (κ1) is 23.2. The lowest BCUT2D eigenvalue weighted by Gasteiger charge is -2.17. The van der Waals surface area contributed by atoms with Gasteiger partial charge in [0.25, 0.3) is 5.56 Å². The summed E-state index contributed by atoms with van der Waals surface area (Å²) in [5.41, 5.74) is 10.3. The Labute approximate surface area is 199 Å². The number of hydrogen-bond donors (Lipinski definition) is 2. The zero-order chi connectivity index (χ0) is 23.0. The average molecular weight is 541 g/mol. The van der Waals surface area contributed by atoms with Crippen molar-refractivity contribution >= 4 is 54.0 Å². The quantitative estimate of drug-likeness (QED) is 0.494. The number of aromatic nitrogens is 2. The summed E-state index contributed by atoms with van der Waals surface area (Å²) in [4.78, 5) is 19.9. The molecule has 0 bridgehead atoms. The zero-order valence-electron chi connectivity index (χ0n) is 17.4. The van der Waals surface area contributed by atoms with Crippen LogP contribution in [0.2, 0.25) is 5.02 Å². The highest BCUT2D eigenvalue weighted by atomic mass is 79.9. The van der Waals surface area contributed by atoms with Crippen LogP contribution in [0, 0.1) is 0 Å². The molecule has 3 N–H and O–H groups in total. The minimum atomic E-state index is -3.53. The Morgan fingerprint density at radius 2 is 2.09 bits per heavy atom. The largest absolute Gasteiger partial charge is 0.326 e. The van der Waals surface area contributed by atoms with E-state index in [1.165, 1.54) is 24.5 Å². The van der Waals surface area contributed by atoms with Gasteiger partial charge in [0, 0.05) is 35.2 Å². The lowest BCUT2D eigenvalue weighted by Crippen LogP contribution is -2.28. The predicted molar refractivity (Wildman–Crippen MR) is 130 cm³/mol. The molecule has 2 aromatic carbocycles. The molecule has 0 radical (unpaired) electrons. The fourth-order valence-corrected chi connectivity index (χ4v) is 5.45. The number of likely N-dealkylation sites (tertiary alicyclic amines) is 1. The Kier molecular flexibility index (Phi) is 6.60. The molecule has 2 heterocycles. The molecule has 1 saturated heterocycles. The summed E-state index contributed by atoms with van der Waals surface area (Å²) in [7, 11) is -3.53. The van der Waals surface area contributed by atoms with Crippen LogP contribution in [0.25, 0.3) is 10.9 Å². The SMILES string of the molecule is CCS(=O)(=O)c1ccc(Cl)cc1Nn1cnc2cc(CN3CC[C@H](N)C3)c(Br)cc2c1=O. The fraction of sp³-hybridized carbons (Fsp3) is 0.333. The van der Waals surface area contributed by atoms with Gasteiger partial charge in [0.1, 0.15) is 6.33 Å². The minimum Gasteiger partial charge on any atom is -0.326 e. The van der Waals surface area contributed by atoms with Crippen molar-refractivity contribution in [3.8, 4) is 0 Å². The topological polar surface area (TPSA) is 110 Å². The Hall–Kier alpha value is -1.98. The van der Waals surface area contributed by atoms with Crippen LogP contribution in [0.4, 0.5) is 5.69 Å².